The van der Waals surface area contributed by atoms with E-state index in [2.05, 4.69) is 26.1 Å². The molecule has 3 rings (SSSR count). The predicted molar refractivity (Wildman–Crippen MR) is 113 cm³/mol. The van der Waals surface area contributed by atoms with E-state index in [1.807, 2.05) is 43.0 Å². The van der Waals surface area contributed by atoms with Crippen LogP contribution in [0.4, 0.5) is 4.39 Å². The summed E-state index contributed by atoms with van der Waals surface area (Å²) in [6, 6.07) is 13.8. The van der Waals surface area contributed by atoms with Gasteiger partial charge in [-0.3, -0.25) is 4.79 Å². The van der Waals surface area contributed by atoms with Crippen molar-refractivity contribution in [1.29, 1.82) is 0 Å². The number of benzene rings is 2. The summed E-state index contributed by atoms with van der Waals surface area (Å²) in [5.74, 6) is 0.711. The molecule has 0 bridgehead atoms. The molecule has 0 radical (unpaired) electrons. The Kier molecular flexibility index (Phi) is 7.14. The Bertz CT molecular complexity index is 941. The summed E-state index contributed by atoms with van der Waals surface area (Å²) in [5, 5.41) is 4.04. The molecule has 0 aliphatic heterocycles. The lowest BCUT2D eigenvalue weighted by Gasteiger charge is -2.28. The molecule has 7 heteroatoms. The summed E-state index contributed by atoms with van der Waals surface area (Å²) >= 11 is 3.40. The highest BCUT2D eigenvalue weighted by molar-refractivity contribution is 9.10. The first-order chi connectivity index (χ1) is 14.0. The van der Waals surface area contributed by atoms with E-state index in [0.717, 1.165) is 22.0 Å². The smallest absolute Gasteiger partial charge is 0.228 e. The summed E-state index contributed by atoms with van der Waals surface area (Å²) in [4.78, 5) is 19.1. The molecule has 2 aromatic carbocycles. The highest BCUT2D eigenvalue weighted by atomic mass is 79.9. The zero-order valence-electron chi connectivity index (χ0n) is 16.4. The van der Waals surface area contributed by atoms with Crippen molar-refractivity contribution >= 4 is 21.8 Å². The molecule has 5 nitrogen and oxygen atoms in total. The number of hydrogen-bond donors (Lipinski definition) is 0. The van der Waals surface area contributed by atoms with Gasteiger partial charge in [-0.2, -0.15) is 4.98 Å². The van der Waals surface area contributed by atoms with Crippen molar-refractivity contribution in [3.8, 4) is 11.4 Å². The number of amides is 1. The summed E-state index contributed by atoms with van der Waals surface area (Å²) in [5.41, 5.74) is 1.66. The fraction of sp³-hybridized carbons (Fsp3) is 0.318. The van der Waals surface area contributed by atoms with Crippen LogP contribution >= 0.6 is 15.9 Å². The van der Waals surface area contributed by atoms with Gasteiger partial charge in [0.05, 0.1) is 6.42 Å². The van der Waals surface area contributed by atoms with Crippen LogP contribution in [0.5, 0.6) is 0 Å². The van der Waals surface area contributed by atoms with Gasteiger partial charge in [0.15, 0.2) is 0 Å². The van der Waals surface area contributed by atoms with E-state index in [0.29, 0.717) is 24.7 Å². The van der Waals surface area contributed by atoms with Crippen LogP contribution in [-0.2, 0) is 17.6 Å². The van der Waals surface area contributed by atoms with E-state index >= 15 is 0 Å². The summed E-state index contributed by atoms with van der Waals surface area (Å²) in [6.07, 6.45) is 1.55. The quantitative estimate of drug-likeness (QED) is 0.472. The lowest BCUT2D eigenvalue weighted by atomic mass is 10.1. The monoisotopic (exact) mass is 459 g/mol. The second-order valence-electron chi connectivity index (χ2n) is 6.92. The first-order valence-corrected chi connectivity index (χ1v) is 10.4. The van der Waals surface area contributed by atoms with Crippen molar-refractivity contribution in [2.75, 3.05) is 6.54 Å². The molecule has 152 valence electrons. The zero-order chi connectivity index (χ0) is 20.8. The number of carbonyl (C=O) groups excluding carboxylic acids is 1. The maximum atomic E-state index is 13.1. The standard InChI is InChI=1S/C22H23BrFN3O2/c1-3-15(2)27(21(28)14-16-4-10-19(24)11-5-16)13-12-20-25-22(26-29-20)17-6-8-18(23)9-7-17/h4-11,15H,3,12-14H2,1-2H3/t15-/m1/s1. The largest absolute Gasteiger partial charge is 0.339 e. The number of halogens is 2. The first-order valence-electron chi connectivity index (χ1n) is 9.58. The topological polar surface area (TPSA) is 59.2 Å². The average molecular weight is 460 g/mol. The SMILES string of the molecule is CC[C@@H](C)N(CCc1nc(-c2ccc(Br)cc2)no1)C(=O)Cc1ccc(F)cc1. The Hall–Kier alpha value is -2.54. The van der Waals surface area contributed by atoms with Crippen molar-refractivity contribution in [2.24, 2.45) is 0 Å². The number of hydrogen-bond acceptors (Lipinski definition) is 4. The van der Waals surface area contributed by atoms with Crippen molar-refractivity contribution < 1.29 is 13.7 Å². The van der Waals surface area contributed by atoms with Crippen molar-refractivity contribution in [1.82, 2.24) is 15.0 Å². The molecule has 1 atom stereocenters. The molecule has 1 heterocycles. The molecule has 1 amide bonds. The number of aromatic nitrogens is 2. The van der Waals surface area contributed by atoms with E-state index in [-0.39, 0.29) is 24.2 Å². The molecule has 1 aromatic heterocycles. The normalized spacial score (nSPS) is 12.0. The molecule has 0 aliphatic rings. The van der Waals surface area contributed by atoms with Gasteiger partial charge in [0, 0.05) is 29.0 Å². The molecule has 3 aromatic rings. The zero-order valence-corrected chi connectivity index (χ0v) is 18.0. The van der Waals surface area contributed by atoms with Crippen LogP contribution in [0.1, 0.15) is 31.7 Å². The Morgan fingerprint density at radius 1 is 1.17 bits per heavy atom. The minimum absolute atomic E-state index is 0.00129. The minimum Gasteiger partial charge on any atom is -0.339 e. The maximum absolute atomic E-state index is 13.1. The molecule has 0 aliphatic carbocycles. The van der Waals surface area contributed by atoms with Gasteiger partial charge in [-0.25, -0.2) is 4.39 Å². The lowest BCUT2D eigenvalue weighted by molar-refractivity contribution is -0.132. The molecule has 0 unspecified atom stereocenters. The van der Waals surface area contributed by atoms with Crippen molar-refractivity contribution in [3.05, 3.63) is 70.3 Å². The predicted octanol–water partition coefficient (Wildman–Crippen LogP) is 5.05. The lowest BCUT2D eigenvalue weighted by Crippen LogP contribution is -2.40. The van der Waals surface area contributed by atoms with Crippen LogP contribution in [0.25, 0.3) is 11.4 Å². The molecule has 29 heavy (non-hydrogen) atoms. The number of rotatable bonds is 8. The van der Waals surface area contributed by atoms with Gasteiger partial charge in [-0.15, -0.1) is 0 Å². The van der Waals surface area contributed by atoms with Crippen LogP contribution in [0, 0.1) is 5.82 Å². The fourth-order valence-electron chi connectivity index (χ4n) is 2.98. The van der Waals surface area contributed by atoms with Gasteiger partial charge in [0.2, 0.25) is 17.6 Å². The second-order valence-corrected chi connectivity index (χ2v) is 7.83. The average Bonchev–Trinajstić information content (AvgIpc) is 3.19. The minimum atomic E-state index is -0.307. The third-order valence-corrected chi connectivity index (χ3v) is 5.38. The second kappa shape index (κ2) is 9.78. The summed E-state index contributed by atoms with van der Waals surface area (Å²) in [7, 11) is 0. The molecule has 0 saturated carbocycles. The first kappa shape index (κ1) is 21.2. The van der Waals surface area contributed by atoms with E-state index in [1.165, 1.54) is 12.1 Å². The Labute approximate surface area is 178 Å². The molecule has 0 fully saturated rings. The molecule has 0 N–H and O–H groups in total. The Morgan fingerprint density at radius 2 is 1.86 bits per heavy atom. The van der Waals surface area contributed by atoms with Crippen LogP contribution in [0.2, 0.25) is 0 Å². The molecule has 0 spiro atoms. The highest BCUT2D eigenvalue weighted by Gasteiger charge is 2.20. The van der Waals surface area contributed by atoms with Crippen molar-refractivity contribution in [2.45, 2.75) is 39.2 Å². The number of nitrogens with zero attached hydrogens (tertiary/aromatic N) is 3. The maximum Gasteiger partial charge on any atom is 0.228 e. The third-order valence-electron chi connectivity index (χ3n) is 4.85. The van der Waals surface area contributed by atoms with Gasteiger partial charge in [0.25, 0.3) is 0 Å². The van der Waals surface area contributed by atoms with Crippen LogP contribution in [-0.4, -0.2) is 33.5 Å². The summed E-state index contributed by atoms with van der Waals surface area (Å²) < 4.78 is 19.4. The van der Waals surface area contributed by atoms with E-state index in [4.69, 9.17) is 4.52 Å². The molecular formula is C22H23BrFN3O2. The third kappa shape index (κ3) is 5.73. The van der Waals surface area contributed by atoms with Crippen LogP contribution < -0.4 is 0 Å². The highest BCUT2D eigenvalue weighted by Crippen LogP contribution is 2.19. The van der Waals surface area contributed by atoms with Crippen LogP contribution in [0.15, 0.2) is 57.5 Å². The van der Waals surface area contributed by atoms with Crippen molar-refractivity contribution in [3.63, 3.8) is 0 Å². The van der Waals surface area contributed by atoms with Gasteiger partial charge < -0.3 is 9.42 Å². The van der Waals surface area contributed by atoms with Gasteiger partial charge >= 0.3 is 0 Å². The number of carbonyl (C=O) groups is 1. The Balaban J connectivity index is 1.65. The summed E-state index contributed by atoms with van der Waals surface area (Å²) in [6.45, 7) is 4.54. The Morgan fingerprint density at radius 3 is 2.52 bits per heavy atom. The molecule has 0 saturated heterocycles. The van der Waals surface area contributed by atoms with E-state index in [9.17, 15) is 9.18 Å². The van der Waals surface area contributed by atoms with Gasteiger partial charge in [-0.1, -0.05) is 40.1 Å². The van der Waals surface area contributed by atoms with Gasteiger partial charge in [-0.05, 0) is 55.3 Å². The molecular weight excluding hydrogens is 437 g/mol. The fourth-order valence-corrected chi connectivity index (χ4v) is 3.24. The van der Waals surface area contributed by atoms with E-state index < -0.39 is 0 Å². The van der Waals surface area contributed by atoms with Gasteiger partial charge in [0.1, 0.15) is 5.82 Å². The van der Waals surface area contributed by atoms with Crippen LogP contribution in [0.3, 0.4) is 0 Å². The van der Waals surface area contributed by atoms with E-state index in [1.54, 1.807) is 12.1 Å².